The zero-order valence-electron chi connectivity index (χ0n) is 11.0. The van der Waals surface area contributed by atoms with Crippen molar-refractivity contribution < 1.29 is 0 Å². The Bertz CT molecular complexity index is 533. The molecule has 1 nitrogen and oxygen atoms in total. The average molecular weight is 324 g/mol. The monoisotopic (exact) mass is 323 g/mol. The standard InChI is InChI=1S/C15H18BrNS/c1-4-17-14(15-11(3)7-8-18-15)12-9-10(2)5-6-13(12)16/h5-9,14,17H,4H2,1-3H3. The molecule has 2 aromatic rings. The number of rotatable bonds is 4. The minimum atomic E-state index is 0.282. The smallest absolute Gasteiger partial charge is 0.0684 e. The number of hydrogen-bond donors (Lipinski definition) is 1. The molecule has 0 spiro atoms. The summed E-state index contributed by atoms with van der Waals surface area (Å²) >= 11 is 5.50. The Morgan fingerprint density at radius 3 is 2.67 bits per heavy atom. The zero-order valence-corrected chi connectivity index (χ0v) is 13.4. The van der Waals surface area contributed by atoms with E-state index < -0.39 is 0 Å². The number of halogens is 1. The Balaban J connectivity index is 2.48. The Morgan fingerprint density at radius 2 is 2.06 bits per heavy atom. The summed E-state index contributed by atoms with van der Waals surface area (Å²) in [4.78, 5) is 1.41. The highest BCUT2D eigenvalue weighted by Gasteiger charge is 2.18. The van der Waals surface area contributed by atoms with Gasteiger partial charge in [0.2, 0.25) is 0 Å². The second-order valence-electron chi connectivity index (χ2n) is 4.48. The van der Waals surface area contributed by atoms with E-state index in [4.69, 9.17) is 0 Å². The summed E-state index contributed by atoms with van der Waals surface area (Å²) in [6.07, 6.45) is 0. The van der Waals surface area contributed by atoms with Crippen molar-refractivity contribution in [3.8, 4) is 0 Å². The van der Waals surface area contributed by atoms with Crippen LogP contribution in [0, 0.1) is 13.8 Å². The van der Waals surface area contributed by atoms with Gasteiger partial charge in [0.15, 0.2) is 0 Å². The van der Waals surface area contributed by atoms with Gasteiger partial charge in [0, 0.05) is 9.35 Å². The minimum absolute atomic E-state index is 0.282. The topological polar surface area (TPSA) is 12.0 Å². The van der Waals surface area contributed by atoms with Crippen LogP contribution in [0.15, 0.2) is 34.1 Å². The molecular formula is C15H18BrNS. The molecule has 1 unspecified atom stereocenters. The first-order valence-corrected chi connectivity index (χ1v) is 7.84. The van der Waals surface area contributed by atoms with Gasteiger partial charge in [-0.2, -0.15) is 0 Å². The van der Waals surface area contributed by atoms with E-state index in [1.165, 1.54) is 26.0 Å². The first-order chi connectivity index (χ1) is 8.63. The fraction of sp³-hybridized carbons (Fsp3) is 0.333. The van der Waals surface area contributed by atoms with Crippen LogP contribution < -0.4 is 5.32 Å². The molecule has 0 saturated carbocycles. The number of nitrogens with one attached hydrogen (secondary N) is 1. The summed E-state index contributed by atoms with van der Waals surface area (Å²) in [5.74, 6) is 0. The molecule has 0 saturated heterocycles. The SMILES string of the molecule is CCNC(c1cc(C)ccc1Br)c1sccc1C. The van der Waals surface area contributed by atoms with Gasteiger partial charge in [-0.15, -0.1) is 11.3 Å². The fourth-order valence-electron chi connectivity index (χ4n) is 2.11. The van der Waals surface area contributed by atoms with Crippen LogP contribution in [0.5, 0.6) is 0 Å². The quantitative estimate of drug-likeness (QED) is 0.850. The van der Waals surface area contributed by atoms with E-state index >= 15 is 0 Å². The van der Waals surface area contributed by atoms with E-state index in [1.54, 1.807) is 0 Å². The maximum absolute atomic E-state index is 3.68. The van der Waals surface area contributed by atoms with Gasteiger partial charge in [0.1, 0.15) is 0 Å². The third-order valence-corrected chi connectivity index (χ3v) is 4.84. The van der Waals surface area contributed by atoms with E-state index in [9.17, 15) is 0 Å². The second-order valence-corrected chi connectivity index (χ2v) is 6.29. The molecule has 0 aliphatic carbocycles. The van der Waals surface area contributed by atoms with Gasteiger partial charge in [-0.3, -0.25) is 0 Å². The van der Waals surface area contributed by atoms with Crippen molar-refractivity contribution >= 4 is 27.3 Å². The summed E-state index contributed by atoms with van der Waals surface area (Å²) in [6, 6.07) is 9.00. The third-order valence-electron chi connectivity index (χ3n) is 3.03. The highest BCUT2D eigenvalue weighted by atomic mass is 79.9. The first kappa shape index (κ1) is 13.8. The highest BCUT2D eigenvalue weighted by Crippen LogP contribution is 2.33. The predicted octanol–water partition coefficient (Wildman–Crippen LogP) is 4.83. The summed E-state index contributed by atoms with van der Waals surface area (Å²) in [5.41, 5.74) is 3.98. The van der Waals surface area contributed by atoms with Crippen molar-refractivity contribution in [3.63, 3.8) is 0 Å². The molecule has 1 heterocycles. The normalized spacial score (nSPS) is 12.7. The van der Waals surface area contributed by atoms with Crippen LogP contribution in [0.2, 0.25) is 0 Å². The maximum Gasteiger partial charge on any atom is 0.0684 e. The Labute approximate surface area is 121 Å². The van der Waals surface area contributed by atoms with Crippen molar-refractivity contribution in [1.29, 1.82) is 0 Å². The molecular weight excluding hydrogens is 306 g/mol. The Kier molecular flexibility index (Phi) is 4.60. The first-order valence-electron chi connectivity index (χ1n) is 6.17. The van der Waals surface area contributed by atoms with Crippen molar-refractivity contribution in [2.75, 3.05) is 6.54 Å². The van der Waals surface area contributed by atoms with Gasteiger partial charge in [-0.05, 0) is 49.0 Å². The lowest BCUT2D eigenvalue weighted by Gasteiger charge is -2.20. The molecule has 0 aliphatic rings. The Morgan fingerprint density at radius 1 is 1.28 bits per heavy atom. The van der Waals surface area contributed by atoms with Crippen molar-refractivity contribution in [2.45, 2.75) is 26.8 Å². The molecule has 1 aromatic heterocycles. The second kappa shape index (κ2) is 6.00. The maximum atomic E-state index is 3.68. The molecule has 0 bridgehead atoms. The lowest BCUT2D eigenvalue weighted by Crippen LogP contribution is -2.22. The van der Waals surface area contributed by atoms with Gasteiger partial charge in [-0.25, -0.2) is 0 Å². The van der Waals surface area contributed by atoms with Crippen LogP contribution in [-0.2, 0) is 0 Å². The number of aryl methyl sites for hydroxylation is 2. The average Bonchev–Trinajstić information content (AvgIpc) is 2.76. The minimum Gasteiger partial charge on any atom is -0.306 e. The van der Waals surface area contributed by atoms with E-state index in [0.29, 0.717) is 0 Å². The molecule has 18 heavy (non-hydrogen) atoms. The largest absolute Gasteiger partial charge is 0.306 e. The third kappa shape index (κ3) is 2.85. The molecule has 0 radical (unpaired) electrons. The summed E-state index contributed by atoms with van der Waals surface area (Å²) in [5, 5.41) is 5.76. The fourth-order valence-corrected chi connectivity index (χ4v) is 3.61. The van der Waals surface area contributed by atoms with Gasteiger partial charge >= 0.3 is 0 Å². The van der Waals surface area contributed by atoms with E-state index in [-0.39, 0.29) is 6.04 Å². The van der Waals surface area contributed by atoms with Gasteiger partial charge in [0.25, 0.3) is 0 Å². The number of thiophene rings is 1. The van der Waals surface area contributed by atoms with Crippen molar-refractivity contribution in [3.05, 3.63) is 55.7 Å². The lowest BCUT2D eigenvalue weighted by molar-refractivity contribution is 0.634. The van der Waals surface area contributed by atoms with Crippen LogP contribution in [0.25, 0.3) is 0 Å². The zero-order chi connectivity index (χ0) is 13.1. The molecule has 1 N–H and O–H groups in total. The molecule has 3 heteroatoms. The molecule has 0 fully saturated rings. The summed E-state index contributed by atoms with van der Waals surface area (Å²) in [6.45, 7) is 7.43. The lowest BCUT2D eigenvalue weighted by atomic mass is 10.0. The van der Waals surface area contributed by atoms with Gasteiger partial charge in [0.05, 0.1) is 6.04 Å². The van der Waals surface area contributed by atoms with Crippen LogP contribution in [0.4, 0.5) is 0 Å². The summed E-state index contributed by atoms with van der Waals surface area (Å²) in [7, 11) is 0. The number of benzene rings is 1. The van der Waals surface area contributed by atoms with Crippen LogP contribution in [0.3, 0.4) is 0 Å². The van der Waals surface area contributed by atoms with Crippen LogP contribution in [0.1, 0.15) is 34.5 Å². The molecule has 1 atom stereocenters. The number of hydrogen-bond acceptors (Lipinski definition) is 2. The van der Waals surface area contributed by atoms with Crippen LogP contribution in [-0.4, -0.2) is 6.54 Å². The van der Waals surface area contributed by atoms with E-state index in [1.807, 2.05) is 11.3 Å². The molecule has 2 rings (SSSR count). The van der Waals surface area contributed by atoms with Crippen molar-refractivity contribution in [2.24, 2.45) is 0 Å². The Hall–Kier alpha value is -0.640. The molecule has 0 aliphatic heterocycles. The highest BCUT2D eigenvalue weighted by molar-refractivity contribution is 9.10. The van der Waals surface area contributed by atoms with Gasteiger partial charge in [-0.1, -0.05) is 40.5 Å². The predicted molar refractivity (Wildman–Crippen MR) is 83.5 cm³/mol. The van der Waals surface area contributed by atoms with E-state index in [0.717, 1.165) is 6.54 Å². The van der Waals surface area contributed by atoms with Crippen LogP contribution >= 0.6 is 27.3 Å². The molecule has 1 aromatic carbocycles. The summed E-state index contributed by atoms with van der Waals surface area (Å²) < 4.78 is 1.17. The van der Waals surface area contributed by atoms with E-state index in [2.05, 4.69) is 71.7 Å². The molecule has 0 amide bonds. The molecule has 96 valence electrons. The van der Waals surface area contributed by atoms with Crippen molar-refractivity contribution in [1.82, 2.24) is 5.32 Å². The van der Waals surface area contributed by atoms with Gasteiger partial charge < -0.3 is 5.32 Å².